The van der Waals surface area contributed by atoms with Crippen molar-refractivity contribution in [2.75, 3.05) is 14.1 Å². The van der Waals surface area contributed by atoms with Crippen LogP contribution in [0.3, 0.4) is 0 Å². The van der Waals surface area contributed by atoms with Crippen molar-refractivity contribution in [3.8, 4) is 0 Å². The third-order valence-electron chi connectivity index (χ3n) is 1.11. The molecule has 2 amide bonds. The maximum atomic E-state index is 12.1. The fraction of sp³-hybridized carbons (Fsp3) is 0.667. The average molecular weight is 244 g/mol. The summed E-state index contributed by atoms with van der Waals surface area (Å²) >= 11 is 1.73. The van der Waals surface area contributed by atoms with Gasteiger partial charge in [0.05, 0.1) is 4.58 Å². The molecule has 0 unspecified atom stereocenters. The van der Waals surface area contributed by atoms with Gasteiger partial charge in [-0.25, -0.2) is 9.59 Å². The standard InChI is InChI=1S/C6H10F2N2O2S2/c1-4(13-9(2)5(7)11)14-10(3)6(8)12/h4H,1-3H3. The zero-order valence-corrected chi connectivity index (χ0v) is 9.49. The highest BCUT2D eigenvalue weighted by atomic mass is 32.2. The van der Waals surface area contributed by atoms with Crippen LogP contribution in [0, 0.1) is 0 Å². The summed E-state index contributed by atoms with van der Waals surface area (Å²) in [7, 11) is 2.50. The van der Waals surface area contributed by atoms with E-state index in [9.17, 15) is 18.4 Å². The van der Waals surface area contributed by atoms with Crippen LogP contribution in [0.1, 0.15) is 6.92 Å². The van der Waals surface area contributed by atoms with Crippen molar-refractivity contribution in [1.29, 1.82) is 0 Å². The SMILES string of the molecule is CC(SN(C)C(=O)F)SN(C)C(=O)F. The van der Waals surface area contributed by atoms with E-state index < -0.39 is 12.3 Å². The highest BCUT2D eigenvalue weighted by molar-refractivity contribution is 8.15. The van der Waals surface area contributed by atoms with Crippen molar-refractivity contribution in [3.63, 3.8) is 0 Å². The normalized spacial score (nSPS) is 10.1. The lowest BCUT2D eigenvalue weighted by atomic mass is 11.0. The molecule has 4 nitrogen and oxygen atoms in total. The van der Waals surface area contributed by atoms with E-state index in [0.717, 1.165) is 32.5 Å². The van der Waals surface area contributed by atoms with Crippen molar-refractivity contribution in [1.82, 2.24) is 8.61 Å². The Morgan fingerprint density at radius 1 is 1.07 bits per heavy atom. The molecule has 0 aromatic rings. The first-order valence-electron chi connectivity index (χ1n) is 3.54. The van der Waals surface area contributed by atoms with Crippen molar-refractivity contribution in [2.45, 2.75) is 11.5 Å². The van der Waals surface area contributed by atoms with Crippen LogP contribution >= 0.6 is 23.9 Å². The van der Waals surface area contributed by atoms with Crippen molar-refractivity contribution >= 4 is 36.2 Å². The second kappa shape index (κ2) is 6.07. The molecule has 14 heavy (non-hydrogen) atoms. The number of amides is 2. The Morgan fingerprint density at radius 3 is 1.57 bits per heavy atom. The average Bonchev–Trinajstić information content (AvgIpc) is 2.03. The van der Waals surface area contributed by atoms with Crippen LogP contribution in [0.4, 0.5) is 18.4 Å². The quantitative estimate of drug-likeness (QED) is 0.330. The molecule has 82 valence electrons. The molecule has 0 radical (unpaired) electrons. The second-order valence-corrected chi connectivity index (χ2v) is 5.51. The third-order valence-corrected chi connectivity index (χ3v) is 3.14. The van der Waals surface area contributed by atoms with E-state index in [0.29, 0.717) is 0 Å². The highest BCUT2D eigenvalue weighted by Crippen LogP contribution is 2.28. The molecule has 0 aromatic carbocycles. The monoisotopic (exact) mass is 244 g/mol. The Balaban J connectivity index is 3.92. The molecule has 0 spiro atoms. The summed E-state index contributed by atoms with van der Waals surface area (Å²) in [5, 5.41) is 0. The first-order chi connectivity index (χ1) is 6.34. The minimum Gasteiger partial charge on any atom is -0.260 e. The van der Waals surface area contributed by atoms with Gasteiger partial charge < -0.3 is 0 Å². The first kappa shape index (κ1) is 13.5. The van der Waals surface area contributed by atoms with Gasteiger partial charge in [-0.05, 0) is 30.8 Å². The van der Waals surface area contributed by atoms with Gasteiger partial charge in [-0.3, -0.25) is 8.61 Å². The minimum absolute atomic E-state index is 0.343. The lowest BCUT2D eigenvalue weighted by Crippen LogP contribution is -2.20. The van der Waals surface area contributed by atoms with Gasteiger partial charge in [0.1, 0.15) is 0 Å². The smallest absolute Gasteiger partial charge is 0.260 e. The Labute approximate surface area is 89.3 Å². The van der Waals surface area contributed by atoms with E-state index in [1.54, 1.807) is 6.92 Å². The van der Waals surface area contributed by atoms with Crippen LogP contribution in [-0.2, 0) is 0 Å². The topological polar surface area (TPSA) is 40.6 Å². The fourth-order valence-corrected chi connectivity index (χ4v) is 2.53. The van der Waals surface area contributed by atoms with Gasteiger partial charge in [-0.2, -0.15) is 0 Å². The van der Waals surface area contributed by atoms with Crippen LogP contribution in [0.25, 0.3) is 0 Å². The molecule has 0 fully saturated rings. The Hall–Kier alpha value is -0.500. The number of halogens is 2. The zero-order valence-electron chi connectivity index (χ0n) is 7.86. The Morgan fingerprint density at radius 2 is 1.36 bits per heavy atom. The van der Waals surface area contributed by atoms with Gasteiger partial charge in [0.15, 0.2) is 0 Å². The summed E-state index contributed by atoms with van der Waals surface area (Å²) in [6.07, 6.45) is -3.17. The van der Waals surface area contributed by atoms with Crippen LogP contribution < -0.4 is 0 Å². The summed E-state index contributed by atoms with van der Waals surface area (Å²) in [5.41, 5.74) is 0. The molecule has 0 heterocycles. The first-order valence-corrected chi connectivity index (χ1v) is 5.21. The molecular formula is C6H10F2N2O2S2. The Bertz CT molecular complexity index is 208. The lowest BCUT2D eigenvalue weighted by molar-refractivity contribution is 0.209. The molecule has 0 saturated heterocycles. The number of nitrogens with zero attached hydrogens (tertiary/aromatic N) is 2. The molecular weight excluding hydrogens is 234 g/mol. The lowest BCUT2D eigenvalue weighted by Gasteiger charge is -2.19. The van der Waals surface area contributed by atoms with E-state index in [1.807, 2.05) is 0 Å². The number of hydrogen-bond acceptors (Lipinski definition) is 4. The highest BCUT2D eigenvalue weighted by Gasteiger charge is 2.17. The maximum Gasteiger partial charge on any atom is 0.409 e. The summed E-state index contributed by atoms with van der Waals surface area (Å²) in [6.45, 7) is 1.62. The van der Waals surface area contributed by atoms with Gasteiger partial charge in [-0.15, -0.1) is 8.78 Å². The molecule has 0 rings (SSSR count). The molecule has 0 aromatic heterocycles. The van der Waals surface area contributed by atoms with Gasteiger partial charge in [0, 0.05) is 14.1 Å². The van der Waals surface area contributed by atoms with Crippen molar-refractivity contribution in [3.05, 3.63) is 0 Å². The molecule has 0 aliphatic rings. The number of carbonyl (C=O) groups is 2. The van der Waals surface area contributed by atoms with Crippen LogP contribution in [0.2, 0.25) is 0 Å². The molecule has 0 bridgehead atoms. The van der Waals surface area contributed by atoms with Crippen molar-refractivity contribution < 1.29 is 18.4 Å². The molecule has 0 N–H and O–H groups in total. The summed E-state index contributed by atoms with van der Waals surface area (Å²) < 4.78 is 25.3. The molecule has 0 aliphatic heterocycles. The third kappa shape index (κ3) is 5.28. The van der Waals surface area contributed by atoms with Gasteiger partial charge in [0.2, 0.25) is 0 Å². The summed E-state index contributed by atoms with van der Waals surface area (Å²) in [5.74, 6) is 0. The van der Waals surface area contributed by atoms with Gasteiger partial charge >= 0.3 is 12.3 Å². The number of carbonyl (C=O) groups excluding carboxylic acids is 2. The van der Waals surface area contributed by atoms with Crippen LogP contribution in [0.5, 0.6) is 0 Å². The number of hydrogen-bond donors (Lipinski definition) is 0. The predicted molar refractivity (Wildman–Crippen MR) is 53.2 cm³/mol. The Kier molecular flexibility index (Phi) is 5.86. The predicted octanol–water partition coefficient (Wildman–Crippen LogP) is 2.67. The number of rotatable bonds is 4. The summed E-state index contributed by atoms with van der Waals surface area (Å²) in [6, 6.07) is 0. The van der Waals surface area contributed by atoms with Crippen molar-refractivity contribution in [2.24, 2.45) is 0 Å². The molecule has 8 heteroatoms. The van der Waals surface area contributed by atoms with E-state index in [-0.39, 0.29) is 4.58 Å². The van der Waals surface area contributed by atoms with Crippen LogP contribution in [0.15, 0.2) is 0 Å². The maximum absolute atomic E-state index is 12.1. The minimum atomic E-state index is -1.59. The van der Waals surface area contributed by atoms with E-state index in [2.05, 4.69) is 0 Å². The summed E-state index contributed by atoms with van der Waals surface area (Å²) in [4.78, 5) is 20.3. The van der Waals surface area contributed by atoms with E-state index >= 15 is 0 Å². The molecule has 0 saturated carbocycles. The largest absolute Gasteiger partial charge is 0.409 e. The zero-order chi connectivity index (χ0) is 11.3. The molecule has 0 atom stereocenters. The van der Waals surface area contributed by atoms with Crippen LogP contribution in [-0.4, -0.2) is 39.6 Å². The van der Waals surface area contributed by atoms with E-state index in [4.69, 9.17) is 0 Å². The fourth-order valence-electron chi connectivity index (χ4n) is 0.547. The second-order valence-electron chi connectivity index (χ2n) is 2.28. The van der Waals surface area contributed by atoms with Gasteiger partial charge in [0.25, 0.3) is 0 Å². The molecule has 0 aliphatic carbocycles. The van der Waals surface area contributed by atoms with Gasteiger partial charge in [-0.1, -0.05) is 0 Å². The van der Waals surface area contributed by atoms with E-state index in [1.165, 1.54) is 14.1 Å².